The van der Waals surface area contributed by atoms with Crippen molar-refractivity contribution in [2.75, 3.05) is 11.5 Å². The van der Waals surface area contributed by atoms with Crippen molar-refractivity contribution < 1.29 is 32.3 Å². The lowest BCUT2D eigenvalue weighted by Gasteiger charge is -2.19. The van der Waals surface area contributed by atoms with E-state index in [1.807, 2.05) is 0 Å². The molecular formula is C12H8F3NO4. The lowest BCUT2D eigenvalue weighted by molar-refractivity contribution is -0.150. The summed E-state index contributed by atoms with van der Waals surface area (Å²) in [5.74, 6) is -6.71. The molecule has 20 heavy (non-hydrogen) atoms. The number of halogens is 3. The number of rotatable bonds is 3. The first-order valence-electron chi connectivity index (χ1n) is 5.56. The van der Waals surface area contributed by atoms with E-state index in [9.17, 15) is 27.6 Å². The van der Waals surface area contributed by atoms with Gasteiger partial charge in [0, 0.05) is 6.07 Å². The Labute approximate surface area is 110 Å². The highest BCUT2D eigenvalue weighted by Crippen LogP contribution is 2.33. The van der Waals surface area contributed by atoms with Crippen molar-refractivity contribution in [1.82, 2.24) is 0 Å². The maximum Gasteiger partial charge on any atom is 0.362 e. The van der Waals surface area contributed by atoms with Crippen molar-refractivity contribution in [2.45, 2.75) is 13.2 Å². The van der Waals surface area contributed by atoms with Crippen LogP contribution in [0.1, 0.15) is 17.3 Å². The third kappa shape index (κ3) is 2.02. The summed E-state index contributed by atoms with van der Waals surface area (Å²) in [6.45, 7) is 1.28. The molecule has 1 unspecified atom stereocenters. The number of ether oxygens (including phenoxy) is 1. The minimum Gasteiger partial charge on any atom is -0.462 e. The SMILES string of the molecule is CCOC(=O)C(F)N1C(=O)C(=O)c2cc(F)c(F)cc21. The number of ketones is 1. The highest BCUT2D eigenvalue weighted by Gasteiger charge is 2.44. The summed E-state index contributed by atoms with van der Waals surface area (Å²) in [7, 11) is 0. The van der Waals surface area contributed by atoms with Crippen LogP contribution in [0, 0.1) is 11.6 Å². The van der Waals surface area contributed by atoms with Gasteiger partial charge in [0.1, 0.15) is 0 Å². The Morgan fingerprint density at radius 3 is 2.50 bits per heavy atom. The van der Waals surface area contributed by atoms with Gasteiger partial charge in [-0.25, -0.2) is 18.0 Å². The number of carbonyl (C=O) groups is 3. The van der Waals surface area contributed by atoms with E-state index in [0.717, 1.165) is 0 Å². The predicted octanol–water partition coefficient (Wildman–Crippen LogP) is 1.35. The summed E-state index contributed by atoms with van der Waals surface area (Å²) < 4.78 is 44.5. The molecule has 2 rings (SSSR count). The standard InChI is InChI=1S/C12H8F3NO4/c1-2-20-12(19)10(15)16-8-4-7(14)6(13)3-5(8)9(17)11(16)18/h3-4,10H,2H2,1H3. The van der Waals surface area contributed by atoms with Crippen molar-refractivity contribution in [3.8, 4) is 0 Å². The quantitative estimate of drug-likeness (QED) is 0.478. The topological polar surface area (TPSA) is 63.7 Å². The summed E-state index contributed by atoms with van der Waals surface area (Å²) in [6, 6.07) is 0.974. The van der Waals surface area contributed by atoms with E-state index in [4.69, 9.17) is 0 Å². The van der Waals surface area contributed by atoms with E-state index in [-0.39, 0.29) is 11.5 Å². The van der Waals surface area contributed by atoms with E-state index >= 15 is 0 Å². The monoisotopic (exact) mass is 287 g/mol. The summed E-state index contributed by atoms with van der Waals surface area (Å²) in [4.78, 5) is 34.6. The predicted molar refractivity (Wildman–Crippen MR) is 59.7 cm³/mol. The number of esters is 1. The van der Waals surface area contributed by atoms with Gasteiger partial charge in [-0.2, -0.15) is 0 Å². The lowest BCUT2D eigenvalue weighted by atomic mass is 10.1. The smallest absolute Gasteiger partial charge is 0.362 e. The molecule has 8 heteroatoms. The van der Waals surface area contributed by atoms with Crippen LogP contribution >= 0.6 is 0 Å². The Kier molecular flexibility index (Phi) is 3.47. The van der Waals surface area contributed by atoms with E-state index < -0.39 is 46.8 Å². The Bertz CT molecular complexity index is 617. The van der Waals surface area contributed by atoms with Crippen LogP contribution in [-0.2, 0) is 14.3 Å². The number of nitrogens with zero attached hydrogens (tertiary/aromatic N) is 1. The fourth-order valence-corrected chi connectivity index (χ4v) is 1.79. The van der Waals surface area contributed by atoms with Crippen LogP contribution in [0.5, 0.6) is 0 Å². The summed E-state index contributed by atoms with van der Waals surface area (Å²) in [5.41, 5.74) is -1.000. The molecule has 1 atom stereocenters. The number of Topliss-reactive ketones (excluding diaryl/α,β-unsaturated/α-hetero) is 1. The minimum absolute atomic E-state index is 0.139. The molecule has 0 saturated heterocycles. The molecule has 1 aromatic carbocycles. The molecule has 0 N–H and O–H groups in total. The Hall–Kier alpha value is -2.38. The van der Waals surface area contributed by atoms with Gasteiger partial charge in [-0.1, -0.05) is 0 Å². The normalized spacial score (nSPS) is 15.3. The highest BCUT2D eigenvalue weighted by molar-refractivity contribution is 6.52. The van der Waals surface area contributed by atoms with Gasteiger partial charge in [0.15, 0.2) is 11.6 Å². The maximum atomic E-state index is 13.9. The van der Waals surface area contributed by atoms with Crippen LogP contribution in [-0.4, -0.2) is 30.6 Å². The number of alkyl halides is 1. The van der Waals surface area contributed by atoms with Crippen molar-refractivity contribution in [3.05, 3.63) is 29.3 Å². The van der Waals surface area contributed by atoms with Crippen LogP contribution in [0.15, 0.2) is 12.1 Å². The van der Waals surface area contributed by atoms with Gasteiger partial charge in [0.05, 0.1) is 17.9 Å². The maximum absolute atomic E-state index is 13.9. The number of hydrogen-bond donors (Lipinski definition) is 0. The van der Waals surface area contributed by atoms with Crippen LogP contribution < -0.4 is 4.90 Å². The summed E-state index contributed by atoms with van der Waals surface area (Å²) in [5, 5.41) is 0. The molecule has 1 amide bonds. The van der Waals surface area contributed by atoms with E-state index in [0.29, 0.717) is 12.1 Å². The van der Waals surface area contributed by atoms with Crippen molar-refractivity contribution in [3.63, 3.8) is 0 Å². The number of anilines is 1. The average Bonchev–Trinajstić information content (AvgIpc) is 2.63. The van der Waals surface area contributed by atoms with E-state index in [1.54, 1.807) is 0 Å². The van der Waals surface area contributed by atoms with Crippen LogP contribution in [0.25, 0.3) is 0 Å². The average molecular weight is 287 g/mol. The second-order valence-corrected chi connectivity index (χ2v) is 3.88. The Morgan fingerprint density at radius 2 is 1.90 bits per heavy atom. The van der Waals surface area contributed by atoms with Gasteiger partial charge in [0.2, 0.25) is 0 Å². The fraction of sp³-hybridized carbons (Fsp3) is 0.250. The number of benzene rings is 1. The lowest BCUT2D eigenvalue weighted by Crippen LogP contribution is -2.42. The number of fused-ring (bicyclic) bond motifs is 1. The van der Waals surface area contributed by atoms with Crippen LogP contribution in [0.4, 0.5) is 18.9 Å². The number of hydrogen-bond acceptors (Lipinski definition) is 4. The molecule has 0 radical (unpaired) electrons. The zero-order valence-corrected chi connectivity index (χ0v) is 10.2. The van der Waals surface area contributed by atoms with Crippen LogP contribution in [0.3, 0.4) is 0 Å². The van der Waals surface area contributed by atoms with Gasteiger partial charge >= 0.3 is 11.9 Å². The third-order valence-corrected chi connectivity index (χ3v) is 2.66. The van der Waals surface area contributed by atoms with Gasteiger partial charge in [-0.15, -0.1) is 0 Å². The molecule has 106 valence electrons. The molecule has 1 aliphatic heterocycles. The second-order valence-electron chi connectivity index (χ2n) is 3.88. The Morgan fingerprint density at radius 1 is 1.30 bits per heavy atom. The largest absolute Gasteiger partial charge is 0.462 e. The van der Waals surface area contributed by atoms with Gasteiger partial charge in [0.25, 0.3) is 12.1 Å². The first-order valence-corrected chi connectivity index (χ1v) is 5.56. The first-order chi connectivity index (χ1) is 9.38. The molecular weight excluding hydrogens is 279 g/mol. The number of amides is 1. The summed E-state index contributed by atoms with van der Waals surface area (Å²) >= 11 is 0. The summed E-state index contributed by atoms with van der Waals surface area (Å²) in [6.07, 6.45) is -2.60. The molecule has 0 bridgehead atoms. The first kappa shape index (κ1) is 14.0. The van der Waals surface area contributed by atoms with Crippen molar-refractivity contribution in [2.24, 2.45) is 0 Å². The molecule has 0 aromatic heterocycles. The fourth-order valence-electron chi connectivity index (χ4n) is 1.79. The van der Waals surface area contributed by atoms with E-state index in [2.05, 4.69) is 4.74 Å². The molecule has 0 saturated carbocycles. The Balaban J connectivity index is 2.47. The molecule has 1 heterocycles. The molecule has 0 spiro atoms. The zero-order chi connectivity index (χ0) is 15.0. The van der Waals surface area contributed by atoms with Gasteiger partial charge < -0.3 is 4.74 Å². The highest BCUT2D eigenvalue weighted by atomic mass is 19.2. The number of carbonyl (C=O) groups excluding carboxylic acids is 3. The zero-order valence-electron chi connectivity index (χ0n) is 10.2. The van der Waals surface area contributed by atoms with E-state index in [1.165, 1.54) is 6.92 Å². The van der Waals surface area contributed by atoms with Crippen molar-refractivity contribution in [1.29, 1.82) is 0 Å². The van der Waals surface area contributed by atoms with Crippen LogP contribution in [0.2, 0.25) is 0 Å². The van der Waals surface area contributed by atoms with Gasteiger partial charge in [-0.05, 0) is 13.0 Å². The molecule has 1 aliphatic rings. The molecule has 0 fully saturated rings. The third-order valence-electron chi connectivity index (χ3n) is 2.66. The molecule has 0 aliphatic carbocycles. The molecule has 5 nitrogen and oxygen atoms in total. The minimum atomic E-state index is -2.60. The van der Waals surface area contributed by atoms with Crippen molar-refractivity contribution >= 4 is 23.3 Å². The second kappa shape index (κ2) is 4.95. The van der Waals surface area contributed by atoms with Gasteiger partial charge in [-0.3, -0.25) is 14.5 Å². The molecule has 1 aromatic rings.